The highest BCUT2D eigenvalue weighted by Crippen LogP contribution is 2.36. The number of hydrogen-bond donors (Lipinski definition) is 0. The molecule has 1 aliphatic heterocycles. The topological polar surface area (TPSA) is 48.0 Å². The molecule has 33 heavy (non-hydrogen) atoms. The van der Waals surface area contributed by atoms with E-state index in [1.807, 2.05) is 71.6 Å². The first kappa shape index (κ1) is 23.0. The number of hydrogen-bond acceptors (Lipinski definition) is 4. The summed E-state index contributed by atoms with van der Waals surface area (Å²) in [6.07, 6.45) is 1.32. The zero-order chi connectivity index (χ0) is 23.2. The normalized spacial score (nSPS) is 15.2. The summed E-state index contributed by atoms with van der Waals surface area (Å²) in [6.45, 7) is 0.961. The standard InChI is InChI=1S/C27H28ClNO4/c1-31-23-7-3-19(4-8-23)17-29-26-12-11-25(16-22(26)15-21(13-14-28)27(29)30)33-18-20-5-9-24(32-2)10-6-20/h3-12,16,21H,13-15,17-18H2,1-2H3. The lowest BCUT2D eigenvalue weighted by atomic mass is 9.89. The van der Waals surface area contributed by atoms with Crippen molar-refractivity contribution >= 4 is 23.2 Å². The quantitative estimate of drug-likeness (QED) is 0.385. The molecule has 3 aromatic rings. The number of amides is 1. The maximum absolute atomic E-state index is 13.3. The van der Waals surface area contributed by atoms with Crippen molar-refractivity contribution in [2.75, 3.05) is 25.0 Å². The summed E-state index contributed by atoms with van der Waals surface area (Å²) in [6, 6.07) is 21.6. The van der Waals surface area contributed by atoms with E-state index >= 15 is 0 Å². The lowest BCUT2D eigenvalue weighted by Gasteiger charge is -2.34. The van der Waals surface area contributed by atoms with Gasteiger partial charge < -0.3 is 19.1 Å². The molecule has 3 aromatic carbocycles. The van der Waals surface area contributed by atoms with Crippen LogP contribution in [-0.4, -0.2) is 26.0 Å². The molecule has 0 bridgehead atoms. The molecule has 1 amide bonds. The number of alkyl halides is 1. The SMILES string of the molecule is COc1ccc(COc2ccc3c(c2)CC(CCCl)C(=O)N3Cc2ccc(OC)cc2)cc1. The van der Waals surface area contributed by atoms with Gasteiger partial charge in [0.25, 0.3) is 0 Å². The second-order valence-corrected chi connectivity index (χ2v) is 8.46. The Balaban J connectivity index is 1.54. The van der Waals surface area contributed by atoms with Gasteiger partial charge in [-0.15, -0.1) is 11.6 Å². The van der Waals surface area contributed by atoms with E-state index in [0.29, 0.717) is 31.9 Å². The van der Waals surface area contributed by atoms with Crippen LogP contribution in [-0.2, 0) is 24.4 Å². The highest BCUT2D eigenvalue weighted by Gasteiger charge is 2.32. The molecule has 0 saturated carbocycles. The smallest absolute Gasteiger partial charge is 0.230 e. The number of methoxy groups -OCH3 is 2. The lowest BCUT2D eigenvalue weighted by Crippen LogP contribution is -2.41. The van der Waals surface area contributed by atoms with E-state index in [-0.39, 0.29) is 11.8 Å². The Labute approximate surface area is 199 Å². The Morgan fingerprint density at radius 2 is 1.48 bits per heavy atom. The van der Waals surface area contributed by atoms with Gasteiger partial charge in [-0.05, 0) is 72.0 Å². The highest BCUT2D eigenvalue weighted by atomic mass is 35.5. The summed E-state index contributed by atoms with van der Waals surface area (Å²) < 4.78 is 16.5. The van der Waals surface area contributed by atoms with Crippen LogP contribution in [0.25, 0.3) is 0 Å². The van der Waals surface area contributed by atoms with Crippen molar-refractivity contribution in [3.8, 4) is 17.2 Å². The van der Waals surface area contributed by atoms with Crippen molar-refractivity contribution in [1.29, 1.82) is 0 Å². The fraction of sp³-hybridized carbons (Fsp3) is 0.296. The van der Waals surface area contributed by atoms with Crippen LogP contribution in [0.5, 0.6) is 17.2 Å². The van der Waals surface area contributed by atoms with Crippen LogP contribution in [0.4, 0.5) is 5.69 Å². The molecule has 0 fully saturated rings. The Morgan fingerprint density at radius 3 is 2.09 bits per heavy atom. The molecule has 4 rings (SSSR count). The monoisotopic (exact) mass is 465 g/mol. The fourth-order valence-electron chi connectivity index (χ4n) is 4.09. The molecular weight excluding hydrogens is 438 g/mol. The van der Waals surface area contributed by atoms with E-state index in [1.165, 1.54) is 0 Å². The van der Waals surface area contributed by atoms with E-state index in [4.69, 9.17) is 25.8 Å². The van der Waals surface area contributed by atoms with Crippen molar-refractivity contribution < 1.29 is 19.0 Å². The molecule has 1 aliphatic rings. The zero-order valence-electron chi connectivity index (χ0n) is 18.9. The first-order valence-electron chi connectivity index (χ1n) is 11.0. The van der Waals surface area contributed by atoms with E-state index in [2.05, 4.69) is 0 Å². The van der Waals surface area contributed by atoms with Crippen LogP contribution >= 0.6 is 11.6 Å². The van der Waals surface area contributed by atoms with Gasteiger partial charge in [0.15, 0.2) is 0 Å². The van der Waals surface area contributed by atoms with Gasteiger partial charge in [-0.2, -0.15) is 0 Å². The second-order valence-electron chi connectivity index (χ2n) is 8.08. The number of anilines is 1. The van der Waals surface area contributed by atoms with Crippen LogP contribution in [0.2, 0.25) is 0 Å². The molecule has 172 valence electrons. The molecule has 6 heteroatoms. The van der Waals surface area contributed by atoms with Crippen molar-refractivity contribution in [2.24, 2.45) is 5.92 Å². The molecule has 1 unspecified atom stereocenters. The average Bonchev–Trinajstić information content (AvgIpc) is 2.86. The van der Waals surface area contributed by atoms with Crippen LogP contribution in [0, 0.1) is 5.92 Å². The summed E-state index contributed by atoms with van der Waals surface area (Å²) in [5, 5.41) is 0. The number of nitrogens with zero attached hydrogens (tertiary/aromatic N) is 1. The molecular formula is C27H28ClNO4. The number of carbonyl (C=O) groups is 1. The average molecular weight is 466 g/mol. The minimum absolute atomic E-state index is 0.117. The minimum Gasteiger partial charge on any atom is -0.497 e. The number of rotatable bonds is 9. The molecule has 0 N–H and O–H groups in total. The van der Waals surface area contributed by atoms with E-state index in [0.717, 1.165) is 39.6 Å². The third kappa shape index (κ3) is 5.42. The number of benzene rings is 3. The first-order chi connectivity index (χ1) is 16.1. The van der Waals surface area contributed by atoms with Gasteiger partial charge in [0.2, 0.25) is 5.91 Å². The van der Waals surface area contributed by atoms with Gasteiger partial charge in [0.05, 0.1) is 20.8 Å². The molecule has 0 aromatic heterocycles. The second kappa shape index (κ2) is 10.6. The van der Waals surface area contributed by atoms with Gasteiger partial charge in [-0.3, -0.25) is 4.79 Å². The van der Waals surface area contributed by atoms with Crippen molar-refractivity contribution in [2.45, 2.75) is 26.0 Å². The molecule has 5 nitrogen and oxygen atoms in total. The van der Waals surface area contributed by atoms with Crippen LogP contribution in [0.1, 0.15) is 23.1 Å². The number of halogens is 1. The third-order valence-corrected chi connectivity index (χ3v) is 6.16. The predicted octanol–water partition coefficient (Wildman–Crippen LogP) is 5.62. The van der Waals surface area contributed by atoms with Crippen LogP contribution in [0.15, 0.2) is 66.7 Å². The van der Waals surface area contributed by atoms with Crippen molar-refractivity contribution in [1.82, 2.24) is 0 Å². The van der Waals surface area contributed by atoms with Gasteiger partial charge in [-0.1, -0.05) is 24.3 Å². The highest BCUT2D eigenvalue weighted by molar-refractivity contribution is 6.18. The van der Waals surface area contributed by atoms with Gasteiger partial charge >= 0.3 is 0 Å². The van der Waals surface area contributed by atoms with Gasteiger partial charge in [-0.25, -0.2) is 0 Å². The summed E-state index contributed by atoms with van der Waals surface area (Å²) >= 11 is 6.02. The van der Waals surface area contributed by atoms with Gasteiger partial charge in [0.1, 0.15) is 23.9 Å². The summed E-state index contributed by atoms with van der Waals surface area (Å²) in [5.41, 5.74) is 4.13. The van der Waals surface area contributed by atoms with Crippen molar-refractivity contribution in [3.05, 3.63) is 83.4 Å². The molecule has 0 radical (unpaired) electrons. The molecule has 0 aliphatic carbocycles. The molecule has 0 spiro atoms. The maximum Gasteiger partial charge on any atom is 0.230 e. The maximum atomic E-state index is 13.3. The largest absolute Gasteiger partial charge is 0.497 e. The molecule has 0 saturated heterocycles. The van der Waals surface area contributed by atoms with E-state index < -0.39 is 0 Å². The molecule has 1 atom stereocenters. The molecule has 1 heterocycles. The zero-order valence-corrected chi connectivity index (χ0v) is 19.7. The van der Waals surface area contributed by atoms with E-state index in [1.54, 1.807) is 14.2 Å². The number of fused-ring (bicyclic) bond motifs is 1. The van der Waals surface area contributed by atoms with Crippen molar-refractivity contribution in [3.63, 3.8) is 0 Å². The Kier molecular flexibility index (Phi) is 7.40. The van der Waals surface area contributed by atoms with E-state index in [9.17, 15) is 4.79 Å². The van der Waals surface area contributed by atoms with Crippen LogP contribution in [0.3, 0.4) is 0 Å². The Hall–Kier alpha value is -3.18. The fourth-order valence-corrected chi connectivity index (χ4v) is 4.36. The summed E-state index contributed by atoms with van der Waals surface area (Å²) in [5.74, 6) is 2.83. The Morgan fingerprint density at radius 1 is 0.879 bits per heavy atom. The first-order valence-corrected chi connectivity index (χ1v) is 11.5. The summed E-state index contributed by atoms with van der Waals surface area (Å²) in [4.78, 5) is 15.1. The predicted molar refractivity (Wildman–Crippen MR) is 130 cm³/mol. The van der Waals surface area contributed by atoms with Crippen LogP contribution < -0.4 is 19.1 Å². The minimum atomic E-state index is -0.134. The third-order valence-electron chi connectivity index (χ3n) is 5.95. The summed E-state index contributed by atoms with van der Waals surface area (Å²) in [7, 11) is 3.29. The lowest BCUT2D eigenvalue weighted by molar-refractivity contribution is -0.123. The van der Waals surface area contributed by atoms with Gasteiger partial charge in [0, 0.05) is 17.5 Å². The number of ether oxygens (including phenoxy) is 3. The number of carbonyl (C=O) groups excluding carboxylic acids is 1. The Bertz CT molecular complexity index is 1080.